The molecule has 122 valence electrons. The fraction of sp³-hybridized carbons (Fsp3) is 0.154. The van der Waals surface area contributed by atoms with E-state index >= 15 is 0 Å². The van der Waals surface area contributed by atoms with Gasteiger partial charge in [0.2, 0.25) is 5.91 Å². The number of halogens is 2. The van der Waals surface area contributed by atoms with Gasteiger partial charge in [0.1, 0.15) is 11.6 Å². The van der Waals surface area contributed by atoms with Crippen LogP contribution in [0.4, 0.5) is 5.69 Å². The summed E-state index contributed by atoms with van der Waals surface area (Å²) in [5, 5.41) is 6.02. The molecule has 0 fully saturated rings. The van der Waals surface area contributed by atoms with Gasteiger partial charge >= 0.3 is 0 Å². The molecule has 1 amide bonds. The number of nitrogens with one attached hydrogen (secondary N) is 1. The van der Waals surface area contributed by atoms with Crippen LogP contribution in [0.3, 0.4) is 0 Å². The molecule has 0 saturated heterocycles. The molecule has 7 nitrogen and oxygen atoms in total. The number of benzene rings is 1. The topological polar surface area (TPSA) is 98.1 Å². The highest BCUT2D eigenvalue weighted by Gasteiger charge is 2.12. The van der Waals surface area contributed by atoms with Crippen molar-refractivity contribution in [2.75, 3.05) is 11.6 Å². The van der Waals surface area contributed by atoms with Crippen LogP contribution in [-0.4, -0.2) is 30.4 Å². The first-order valence-corrected chi connectivity index (χ1v) is 8.84. The number of hydrogen-bond acceptors (Lipinski definition) is 5. The highest BCUT2D eigenvalue weighted by atomic mass is 35.5. The Balaban J connectivity index is 2.11. The van der Waals surface area contributed by atoms with Crippen molar-refractivity contribution in [3.63, 3.8) is 0 Å². The van der Waals surface area contributed by atoms with Crippen LogP contribution >= 0.6 is 23.2 Å². The number of sulfone groups is 1. The number of hydrogen-bond donors (Lipinski definition) is 1. The Morgan fingerprint density at radius 1 is 1.26 bits per heavy atom. The normalized spacial score (nSPS) is 11.3. The van der Waals surface area contributed by atoms with Crippen LogP contribution in [0.5, 0.6) is 0 Å². The Morgan fingerprint density at radius 3 is 2.43 bits per heavy atom. The highest BCUT2D eigenvalue weighted by Crippen LogP contribution is 2.15. The maximum Gasteiger partial charge on any atom is 0.287 e. The van der Waals surface area contributed by atoms with Crippen molar-refractivity contribution in [3.05, 3.63) is 50.9 Å². The van der Waals surface area contributed by atoms with Gasteiger partial charge in [-0.15, -0.1) is 0 Å². The maximum absolute atomic E-state index is 11.9. The number of aromatic nitrogens is 2. The van der Waals surface area contributed by atoms with Gasteiger partial charge in [0.15, 0.2) is 9.84 Å². The third-order valence-electron chi connectivity index (χ3n) is 2.80. The van der Waals surface area contributed by atoms with E-state index in [4.69, 9.17) is 23.2 Å². The lowest BCUT2D eigenvalue weighted by Crippen LogP contribution is -2.29. The van der Waals surface area contributed by atoms with E-state index in [2.05, 4.69) is 10.4 Å². The maximum atomic E-state index is 11.9. The largest absolute Gasteiger partial charge is 0.324 e. The van der Waals surface area contributed by atoms with Crippen molar-refractivity contribution < 1.29 is 13.2 Å². The first-order chi connectivity index (χ1) is 10.7. The Bertz CT molecular complexity index is 908. The van der Waals surface area contributed by atoms with Crippen LogP contribution in [0, 0.1) is 0 Å². The molecule has 0 spiro atoms. The lowest BCUT2D eigenvalue weighted by atomic mass is 10.3. The SMILES string of the molecule is CS(=O)(=O)c1ccc(NC(=O)Cn2ncc(Cl)c(Cl)c2=O)cc1. The van der Waals surface area contributed by atoms with E-state index in [0.29, 0.717) is 5.69 Å². The molecule has 2 rings (SSSR count). The number of carbonyl (C=O) groups is 1. The fourth-order valence-electron chi connectivity index (χ4n) is 1.68. The number of anilines is 1. The zero-order chi connectivity index (χ0) is 17.2. The number of carbonyl (C=O) groups excluding carboxylic acids is 1. The Labute approximate surface area is 141 Å². The number of nitrogens with zero attached hydrogens (tertiary/aromatic N) is 2. The van der Waals surface area contributed by atoms with Crippen molar-refractivity contribution in [1.29, 1.82) is 0 Å². The van der Waals surface area contributed by atoms with Gasteiger partial charge in [-0.25, -0.2) is 13.1 Å². The first kappa shape index (κ1) is 17.5. The zero-order valence-corrected chi connectivity index (χ0v) is 14.1. The molecular weight excluding hydrogens is 365 g/mol. The molecule has 0 aliphatic rings. The second-order valence-corrected chi connectivity index (χ2v) is 7.41. The summed E-state index contributed by atoms with van der Waals surface area (Å²) in [5.41, 5.74) is -0.294. The summed E-state index contributed by atoms with van der Waals surface area (Å²) in [4.78, 5) is 23.8. The van der Waals surface area contributed by atoms with Crippen molar-refractivity contribution in [1.82, 2.24) is 9.78 Å². The van der Waals surface area contributed by atoms with Crippen molar-refractivity contribution in [2.45, 2.75) is 11.4 Å². The Kier molecular flexibility index (Phi) is 5.08. The van der Waals surface area contributed by atoms with Crippen molar-refractivity contribution >= 4 is 44.6 Å². The molecule has 0 unspecified atom stereocenters. The van der Waals surface area contributed by atoms with Crippen molar-refractivity contribution in [2.24, 2.45) is 0 Å². The van der Waals surface area contributed by atoms with Crippen LogP contribution in [0.2, 0.25) is 10.0 Å². The molecule has 10 heteroatoms. The quantitative estimate of drug-likeness (QED) is 0.874. The molecule has 1 aromatic heterocycles. The van der Waals surface area contributed by atoms with Gasteiger partial charge in [-0.2, -0.15) is 5.10 Å². The van der Waals surface area contributed by atoms with Gasteiger partial charge in [-0.1, -0.05) is 23.2 Å². The predicted octanol–water partition coefficient (Wildman–Crippen LogP) is 1.59. The zero-order valence-electron chi connectivity index (χ0n) is 11.8. The van der Waals surface area contributed by atoms with Crippen LogP contribution in [0.25, 0.3) is 0 Å². The lowest BCUT2D eigenvalue weighted by Gasteiger charge is -2.08. The van der Waals surface area contributed by atoms with Gasteiger partial charge in [-0.05, 0) is 24.3 Å². The minimum absolute atomic E-state index is 0.00434. The monoisotopic (exact) mass is 375 g/mol. The minimum atomic E-state index is -3.31. The van der Waals surface area contributed by atoms with Gasteiger partial charge < -0.3 is 5.32 Å². The third kappa shape index (κ3) is 4.31. The molecule has 0 atom stereocenters. The van der Waals surface area contributed by atoms with E-state index in [1.807, 2.05) is 0 Å². The molecular formula is C13H11Cl2N3O4S. The number of amides is 1. The van der Waals surface area contributed by atoms with Gasteiger partial charge in [0.25, 0.3) is 5.56 Å². The fourth-order valence-corrected chi connectivity index (χ4v) is 2.58. The van der Waals surface area contributed by atoms with Gasteiger partial charge in [0.05, 0.1) is 16.1 Å². The molecule has 0 bridgehead atoms. The predicted molar refractivity (Wildman–Crippen MR) is 86.7 cm³/mol. The van der Waals surface area contributed by atoms with E-state index in [1.54, 1.807) is 0 Å². The third-order valence-corrected chi connectivity index (χ3v) is 4.68. The molecule has 23 heavy (non-hydrogen) atoms. The van der Waals surface area contributed by atoms with Crippen LogP contribution in [0.1, 0.15) is 0 Å². The standard InChI is InChI=1S/C13H11Cl2N3O4S/c1-23(21,22)9-4-2-8(3-5-9)17-11(19)7-18-13(20)12(15)10(14)6-16-18/h2-6H,7H2,1H3,(H,17,19). The van der Waals surface area contributed by atoms with Crippen molar-refractivity contribution in [3.8, 4) is 0 Å². The van der Waals surface area contributed by atoms with Crippen LogP contribution < -0.4 is 10.9 Å². The second kappa shape index (κ2) is 6.69. The average molecular weight is 376 g/mol. The molecule has 2 aromatic rings. The Morgan fingerprint density at radius 2 is 1.87 bits per heavy atom. The smallest absolute Gasteiger partial charge is 0.287 e. The summed E-state index contributed by atoms with van der Waals surface area (Å²) >= 11 is 11.3. The summed E-state index contributed by atoms with van der Waals surface area (Å²) in [6.45, 7) is -0.358. The molecule has 0 radical (unpaired) electrons. The summed E-state index contributed by atoms with van der Waals surface area (Å²) in [7, 11) is -3.31. The molecule has 0 aliphatic carbocycles. The summed E-state index contributed by atoms with van der Waals surface area (Å²) in [6.07, 6.45) is 2.25. The highest BCUT2D eigenvalue weighted by molar-refractivity contribution is 7.90. The van der Waals surface area contributed by atoms with Crippen LogP contribution in [0.15, 0.2) is 40.2 Å². The summed E-state index contributed by atoms with van der Waals surface area (Å²) in [6, 6.07) is 5.63. The second-order valence-electron chi connectivity index (χ2n) is 4.61. The molecule has 0 saturated carbocycles. The van der Waals surface area contributed by atoms with E-state index < -0.39 is 21.3 Å². The van der Waals surface area contributed by atoms with Gasteiger partial charge in [0, 0.05) is 11.9 Å². The lowest BCUT2D eigenvalue weighted by molar-refractivity contribution is -0.117. The number of rotatable bonds is 4. The summed E-state index contributed by atoms with van der Waals surface area (Å²) < 4.78 is 23.6. The van der Waals surface area contributed by atoms with Gasteiger partial charge in [-0.3, -0.25) is 9.59 Å². The van der Waals surface area contributed by atoms with Crippen LogP contribution in [-0.2, 0) is 21.2 Å². The molecule has 1 aromatic carbocycles. The minimum Gasteiger partial charge on any atom is -0.324 e. The van der Waals surface area contributed by atoms with E-state index in [-0.39, 0.29) is 21.5 Å². The summed E-state index contributed by atoms with van der Waals surface area (Å²) in [5.74, 6) is -0.523. The molecule has 1 N–H and O–H groups in total. The first-order valence-electron chi connectivity index (χ1n) is 6.19. The van der Waals surface area contributed by atoms with E-state index in [1.165, 1.54) is 30.5 Å². The average Bonchev–Trinajstić information content (AvgIpc) is 2.47. The molecule has 1 heterocycles. The van der Waals surface area contributed by atoms with E-state index in [0.717, 1.165) is 10.9 Å². The Hall–Kier alpha value is -1.90. The molecule has 0 aliphatic heterocycles. The van der Waals surface area contributed by atoms with E-state index in [9.17, 15) is 18.0 Å².